The minimum Gasteiger partial charge on any atom is -0.382 e. The quantitative estimate of drug-likeness (QED) is 0.887. The van der Waals surface area contributed by atoms with E-state index in [0.717, 1.165) is 13.1 Å². The van der Waals surface area contributed by atoms with Gasteiger partial charge in [-0.1, -0.05) is 31.0 Å². The molecule has 0 amide bonds. The van der Waals surface area contributed by atoms with Gasteiger partial charge in [0.15, 0.2) is 0 Å². The van der Waals surface area contributed by atoms with E-state index in [9.17, 15) is 0 Å². The Morgan fingerprint density at radius 3 is 2.86 bits per heavy atom. The molecule has 1 saturated carbocycles. The normalized spacial score (nSPS) is 22.1. The molecule has 1 aromatic heterocycles. The molecule has 4 nitrogen and oxygen atoms in total. The Morgan fingerprint density at radius 2 is 2.05 bits per heavy atom. The molecular weight excluding hydrogens is 260 g/mol. The number of hydrogen-bond acceptors (Lipinski definition) is 3. The molecule has 2 atom stereocenters. The molecule has 112 valence electrons. The minimum atomic E-state index is 0.502. The van der Waals surface area contributed by atoms with Gasteiger partial charge < -0.3 is 11.1 Å². The summed E-state index contributed by atoms with van der Waals surface area (Å²) in [5.74, 6) is 0.594. The zero-order valence-corrected chi connectivity index (χ0v) is 12.4. The number of benzene rings is 1. The van der Waals surface area contributed by atoms with Crippen molar-refractivity contribution >= 4 is 5.69 Å². The van der Waals surface area contributed by atoms with Crippen molar-refractivity contribution in [3.8, 4) is 0 Å². The number of hydrogen-bond donors (Lipinski definition) is 2. The number of para-hydroxylation sites is 1. The second kappa shape index (κ2) is 6.76. The van der Waals surface area contributed by atoms with E-state index in [1.54, 1.807) is 0 Å². The molecule has 0 aliphatic heterocycles. The molecule has 4 heteroatoms. The average molecular weight is 284 g/mol. The predicted molar refractivity (Wildman–Crippen MR) is 86.2 cm³/mol. The Balaban J connectivity index is 1.75. The molecule has 21 heavy (non-hydrogen) atoms. The van der Waals surface area contributed by atoms with Crippen LogP contribution in [0.15, 0.2) is 42.7 Å². The summed E-state index contributed by atoms with van der Waals surface area (Å²) in [7, 11) is 0. The molecule has 0 saturated heterocycles. The highest BCUT2D eigenvalue weighted by Gasteiger charge is 2.24. The van der Waals surface area contributed by atoms with Crippen molar-refractivity contribution in [2.75, 3.05) is 11.9 Å². The van der Waals surface area contributed by atoms with Crippen LogP contribution in [-0.2, 0) is 6.54 Å². The first-order valence-corrected chi connectivity index (χ1v) is 7.89. The van der Waals surface area contributed by atoms with Crippen LogP contribution < -0.4 is 11.1 Å². The molecule has 3 N–H and O–H groups in total. The Kier molecular flexibility index (Phi) is 4.55. The van der Waals surface area contributed by atoms with E-state index in [0.29, 0.717) is 12.0 Å². The van der Waals surface area contributed by atoms with E-state index < -0.39 is 0 Å². The van der Waals surface area contributed by atoms with E-state index in [2.05, 4.69) is 34.7 Å². The van der Waals surface area contributed by atoms with Crippen LogP contribution in [0.4, 0.5) is 5.69 Å². The van der Waals surface area contributed by atoms with Crippen molar-refractivity contribution in [2.24, 2.45) is 11.7 Å². The lowest BCUT2D eigenvalue weighted by Gasteiger charge is -2.32. The molecule has 1 aliphatic rings. The molecule has 1 aromatic carbocycles. The van der Waals surface area contributed by atoms with Crippen molar-refractivity contribution in [1.82, 2.24) is 9.78 Å². The number of nitrogens with one attached hydrogen (secondary N) is 1. The van der Waals surface area contributed by atoms with Gasteiger partial charge in [0.25, 0.3) is 0 Å². The molecule has 1 fully saturated rings. The largest absolute Gasteiger partial charge is 0.382 e. The third-order valence-electron chi connectivity index (χ3n) is 4.46. The third-order valence-corrected chi connectivity index (χ3v) is 4.46. The SMILES string of the molecule is NCC1CCCCC1Nc1ccccc1Cn1cccn1. The fourth-order valence-electron chi connectivity index (χ4n) is 3.25. The summed E-state index contributed by atoms with van der Waals surface area (Å²) in [5.41, 5.74) is 8.44. The summed E-state index contributed by atoms with van der Waals surface area (Å²) in [6, 6.07) is 11.0. The van der Waals surface area contributed by atoms with E-state index in [-0.39, 0.29) is 0 Å². The van der Waals surface area contributed by atoms with Gasteiger partial charge in [0.2, 0.25) is 0 Å². The van der Waals surface area contributed by atoms with Crippen molar-refractivity contribution < 1.29 is 0 Å². The predicted octanol–water partition coefficient (Wildman–Crippen LogP) is 2.86. The lowest BCUT2D eigenvalue weighted by atomic mass is 9.84. The highest BCUT2D eigenvalue weighted by molar-refractivity contribution is 5.52. The fourth-order valence-corrected chi connectivity index (χ4v) is 3.25. The van der Waals surface area contributed by atoms with Crippen LogP contribution in [0.3, 0.4) is 0 Å². The number of nitrogens with two attached hydrogens (primary N) is 1. The Hall–Kier alpha value is -1.81. The number of aromatic nitrogens is 2. The molecule has 1 heterocycles. The highest BCUT2D eigenvalue weighted by atomic mass is 15.3. The smallest absolute Gasteiger partial charge is 0.0679 e. The second-order valence-corrected chi connectivity index (χ2v) is 5.89. The standard InChI is InChI=1S/C17H24N4/c18-12-14-6-1-3-8-16(14)20-17-9-4-2-7-15(17)13-21-11-5-10-19-21/h2,4-5,7,9-11,14,16,20H,1,3,6,8,12-13,18H2. The van der Waals surface area contributed by atoms with Crippen LogP contribution in [0.2, 0.25) is 0 Å². The van der Waals surface area contributed by atoms with Gasteiger partial charge in [-0.2, -0.15) is 5.10 Å². The van der Waals surface area contributed by atoms with Crippen molar-refractivity contribution in [2.45, 2.75) is 38.3 Å². The van der Waals surface area contributed by atoms with E-state index >= 15 is 0 Å². The van der Waals surface area contributed by atoms with E-state index in [1.807, 2.05) is 23.1 Å². The van der Waals surface area contributed by atoms with Crippen LogP contribution >= 0.6 is 0 Å². The highest BCUT2D eigenvalue weighted by Crippen LogP contribution is 2.28. The summed E-state index contributed by atoms with van der Waals surface area (Å²) in [5, 5.41) is 8.04. The first-order valence-electron chi connectivity index (χ1n) is 7.89. The van der Waals surface area contributed by atoms with Gasteiger partial charge in [0, 0.05) is 24.1 Å². The maximum Gasteiger partial charge on any atom is 0.0679 e. The average Bonchev–Trinajstić information content (AvgIpc) is 3.03. The lowest BCUT2D eigenvalue weighted by molar-refractivity contribution is 0.332. The Morgan fingerprint density at radius 1 is 1.19 bits per heavy atom. The molecule has 1 aliphatic carbocycles. The minimum absolute atomic E-state index is 0.502. The van der Waals surface area contributed by atoms with Gasteiger partial charge in [-0.3, -0.25) is 4.68 Å². The molecule has 3 rings (SSSR count). The molecule has 0 spiro atoms. The van der Waals surface area contributed by atoms with Crippen LogP contribution in [-0.4, -0.2) is 22.4 Å². The lowest BCUT2D eigenvalue weighted by Crippen LogP contribution is -2.37. The van der Waals surface area contributed by atoms with Gasteiger partial charge in [0.05, 0.1) is 6.54 Å². The zero-order chi connectivity index (χ0) is 14.5. The van der Waals surface area contributed by atoms with E-state index in [1.165, 1.54) is 36.9 Å². The monoisotopic (exact) mass is 284 g/mol. The van der Waals surface area contributed by atoms with Crippen LogP contribution in [0.1, 0.15) is 31.2 Å². The summed E-state index contributed by atoms with van der Waals surface area (Å²) < 4.78 is 1.96. The van der Waals surface area contributed by atoms with Gasteiger partial charge >= 0.3 is 0 Å². The summed E-state index contributed by atoms with van der Waals surface area (Å²) in [4.78, 5) is 0. The Bertz CT molecular complexity index is 550. The van der Waals surface area contributed by atoms with Crippen LogP contribution in [0, 0.1) is 5.92 Å². The summed E-state index contributed by atoms with van der Waals surface area (Å²) in [6.07, 6.45) is 8.90. The Labute approximate surface area is 126 Å². The first-order chi connectivity index (χ1) is 10.4. The van der Waals surface area contributed by atoms with Crippen molar-refractivity contribution in [1.29, 1.82) is 0 Å². The third kappa shape index (κ3) is 3.45. The van der Waals surface area contributed by atoms with Gasteiger partial charge in [-0.25, -0.2) is 0 Å². The number of rotatable bonds is 5. The summed E-state index contributed by atoms with van der Waals surface area (Å²) >= 11 is 0. The van der Waals surface area contributed by atoms with Gasteiger partial charge in [-0.15, -0.1) is 0 Å². The van der Waals surface area contributed by atoms with Crippen LogP contribution in [0.5, 0.6) is 0 Å². The molecule has 0 bridgehead atoms. The van der Waals surface area contributed by atoms with Gasteiger partial charge in [-0.05, 0) is 43.0 Å². The topological polar surface area (TPSA) is 55.9 Å². The maximum atomic E-state index is 5.94. The molecular formula is C17H24N4. The molecule has 0 radical (unpaired) electrons. The van der Waals surface area contributed by atoms with E-state index in [4.69, 9.17) is 5.73 Å². The summed E-state index contributed by atoms with van der Waals surface area (Å²) in [6.45, 7) is 1.58. The molecule has 2 unspecified atom stereocenters. The van der Waals surface area contributed by atoms with Crippen molar-refractivity contribution in [3.63, 3.8) is 0 Å². The van der Waals surface area contributed by atoms with Crippen LogP contribution in [0.25, 0.3) is 0 Å². The fraction of sp³-hybridized carbons (Fsp3) is 0.471. The van der Waals surface area contributed by atoms with Crippen molar-refractivity contribution in [3.05, 3.63) is 48.3 Å². The van der Waals surface area contributed by atoms with Gasteiger partial charge in [0.1, 0.15) is 0 Å². The number of anilines is 1. The zero-order valence-electron chi connectivity index (χ0n) is 12.4. The first kappa shape index (κ1) is 14.1. The second-order valence-electron chi connectivity index (χ2n) is 5.89. The molecule has 2 aromatic rings. The maximum absolute atomic E-state index is 5.94. The number of nitrogens with zero attached hydrogens (tertiary/aromatic N) is 2.